The number of nitrogens with one attached hydrogen (secondary N) is 1. The van der Waals surface area contributed by atoms with E-state index in [0.717, 1.165) is 18.7 Å². The van der Waals surface area contributed by atoms with Gasteiger partial charge in [-0.25, -0.2) is 0 Å². The molecule has 0 bridgehead atoms. The zero-order valence-corrected chi connectivity index (χ0v) is 11.6. The van der Waals surface area contributed by atoms with Crippen molar-refractivity contribution in [1.82, 2.24) is 15.3 Å². The molecule has 0 fully saturated rings. The summed E-state index contributed by atoms with van der Waals surface area (Å²) in [6, 6.07) is 11.1. The summed E-state index contributed by atoms with van der Waals surface area (Å²) in [6.45, 7) is 5.30. The van der Waals surface area contributed by atoms with Gasteiger partial charge in [0.25, 0.3) is 0 Å². The van der Waals surface area contributed by atoms with Crippen molar-refractivity contribution in [3.63, 3.8) is 0 Å². The SMILES string of the molecule is CC(C)NCC(Cc1cnccn1)c1ccccc1. The molecular weight excluding hydrogens is 234 g/mol. The lowest BCUT2D eigenvalue weighted by atomic mass is 9.94. The van der Waals surface area contributed by atoms with Gasteiger partial charge in [0.1, 0.15) is 0 Å². The highest BCUT2D eigenvalue weighted by Gasteiger charge is 2.13. The molecule has 0 aliphatic rings. The summed E-state index contributed by atoms with van der Waals surface area (Å²) >= 11 is 0. The molecule has 0 saturated carbocycles. The standard InChI is InChI=1S/C16H21N3/c1-13(2)19-11-15(14-6-4-3-5-7-14)10-16-12-17-8-9-18-16/h3-9,12-13,15,19H,10-11H2,1-2H3. The Kier molecular flexibility index (Phi) is 5.04. The van der Waals surface area contributed by atoms with Crippen LogP contribution in [-0.4, -0.2) is 22.6 Å². The Morgan fingerprint density at radius 1 is 1.11 bits per heavy atom. The van der Waals surface area contributed by atoms with Crippen LogP contribution in [0.15, 0.2) is 48.9 Å². The van der Waals surface area contributed by atoms with E-state index in [0.29, 0.717) is 12.0 Å². The summed E-state index contributed by atoms with van der Waals surface area (Å²) in [7, 11) is 0. The second-order valence-corrected chi connectivity index (χ2v) is 5.07. The fraction of sp³-hybridized carbons (Fsp3) is 0.375. The summed E-state index contributed by atoms with van der Waals surface area (Å²) in [5.74, 6) is 0.431. The summed E-state index contributed by atoms with van der Waals surface area (Å²) < 4.78 is 0. The second-order valence-electron chi connectivity index (χ2n) is 5.07. The van der Waals surface area contributed by atoms with Crippen molar-refractivity contribution in [2.24, 2.45) is 0 Å². The Labute approximate surface area is 115 Å². The predicted molar refractivity (Wildman–Crippen MR) is 78.1 cm³/mol. The van der Waals surface area contributed by atoms with E-state index in [2.05, 4.69) is 59.5 Å². The third kappa shape index (κ3) is 4.45. The molecule has 2 aromatic rings. The van der Waals surface area contributed by atoms with Crippen LogP contribution >= 0.6 is 0 Å². The molecule has 0 spiro atoms. The van der Waals surface area contributed by atoms with Crippen LogP contribution in [0.2, 0.25) is 0 Å². The molecule has 1 aromatic carbocycles. The first-order chi connectivity index (χ1) is 9.25. The number of benzene rings is 1. The van der Waals surface area contributed by atoms with E-state index in [-0.39, 0.29) is 0 Å². The van der Waals surface area contributed by atoms with Gasteiger partial charge in [-0.1, -0.05) is 44.2 Å². The van der Waals surface area contributed by atoms with Crippen LogP contribution in [0.25, 0.3) is 0 Å². The summed E-state index contributed by atoms with van der Waals surface area (Å²) in [4.78, 5) is 8.52. The third-order valence-corrected chi connectivity index (χ3v) is 3.12. The zero-order chi connectivity index (χ0) is 13.5. The van der Waals surface area contributed by atoms with Crippen molar-refractivity contribution in [2.75, 3.05) is 6.54 Å². The summed E-state index contributed by atoms with van der Waals surface area (Å²) in [6.07, 6.45) is 6.24. The first-order valence-corrected chi connectivity index (χ1v) is 6.79. The van der Waals surface area contributed by atoms with Crippen molar-refractivity contribution >= 4 is 0 Å². The summed E-state index contributed by atoms with van der Waals surface area (Å²) in [5, 5.41) is 3.52. The average molecular weight is 255 g/mol. The molecular formula is C16H21N3. The first-order valence-electron chi connectivity index (χ1n) is 6.79. The molecule has 0 radical (unpaired) electrons. The van der Waals surface area contributed by atoms with Gasteiger partial charge in [-0.2, -0.15) is 0 Å². The van der Waals surface area contributed by atoms with Crippen LogP contribution in [0.1, 0.15) is 31.0 Å². The van der Waals surface area contributed by atoms with Crippen molar-refractivity contribution in [1.29, 1.82) is 0 Å². The van der Waals surface area contributed by atoms with E-state index in [9.17, 15) is 0 Å². The monoisotopic (exact) mass is 255 g/mol. The number of hydrogen-bond acceptors (Lipinski definition) is 3. The molecule has 0 aliphatic carbocycles. The normalized spacial score (nSPS) is 12.6. The van der Waals surface area contributed by atoms with Crippen LogP contribution in [0.3, 0.4) is 0 Å². The molecule has 1 aromatic heterocycles. The topological polar surface area (TPSA) is 37.8 Å². The van der Waals surface area contributed by atoms with Gasteiger partial charge in [0.2, 0.25) is 0 Å². The smallest absolute Gasteiger partial charge is 0.0593 e. The van der Waals surface area contributed by atoms with Crippen LogP contribution in [0, 0.1) is 0 Å². The lowest BCUT2D eigenvalue weighted by molar-refractivity contribution is 0.523. The maximum Gasteiger partial charge on any atom is 0.0593 e. The quantitative estimate of drug-likeness (QED) is 0.862. The molecule has 2 rings (SSSR count). The van der Waals surface area contributed by atoms with Crippen LogP contribution in [0.5, 0.6) is 0 Å². The number of rotatable bonds is 6. The van der Waals surface area contributed by atoms with Gasteiger partial charge < -0.3 is 5.32 Å². The average Bonchev–Trinajstić information content (AvgIpc) is 2.45. The maximum atomic E-state index is 4.38. The zero-order valence-electron chi connectivity index (χ0n) is 11.6. The molecule has 19 heavy (non-hydrogen) atoms. The van der Waals surface area contributed by atoms with E-state index in [1.165, 1.54) is 5.56 Å². The molecule has 0 amide bonds. The van der Waals surface area contributed by atoms with E-state index < -0.39 is 0 Å². The Morgan fingerprint density at radius 2 is 1.89 bits per heavy atom. The molecule has 1 unspecified atom stereocenters. The highest BCUT2D eigenvalue weighted by molar-refractivity contribution is 5.21. The molecule has 3 nitrogen and oxygen atoms in total. The molecule has 1 N–H and O–H groups in total. The van der Waals surface area contributed by atoms with E-state index in [1.54, 1.807) is 12.4 Å². The van der Waals surface area contributed by atoms with Gasteiger partial charge in [-0.15, -0.1) is 0 Å². The molecule has 0 saturated heterocycles. The van der Waals surface area contributed by atoms with Gasteiger partial charge in [-0.05, 0) is 12.0 Å². The Balaban J connectivity index is 2.10. The van der Waals surface area contributed by atoms with E-state index in [1.807, 2.05) is 6.20 Å². The van der Waals surface area contributed by atoms with E-state index in [4.69, 9.17) is 0 Å². The second kappa shape index (κ2) is 7.00. The highest BCUT2D eigenvalue weighted by atomic mass is 14.9. The largest absolute Gasteiger partial charge is 0.314 e. The van der Waals surface area contributed by atoms with Crippen molar-refractivity contribution in [3.8, 4) is 0 Å². The van der Waals surface area contributed by atoms with Crippen LogP contribution < -0.4 is 5.32 Å². The molecule has 0 aliphatic heterocycles. The molecule has 1 atom stereocenters. The van der Waals surface area contributed by atoms with E-state index >= 15 is 0 Å². The van der Waals surface area contributed by atoms with Gasteiger partial charge in [-0.3, -0.25) is 9.97 Å². The number of nitrogens with zero attached hydrogens (tertiary/aromatic N) is 2. The lowest BCUT2D eigenvalue weighted by Gasteiger charge is -2.19. The molecule has 100 valence electrons. The highest BCUT2D eigenvalue weighted by Crippen LogP contribution is 2.19. The Morgan fingerprint density at radius 3 is 2.53 bits per heavy atom. The number of hydrogen-bond donors (Lipinski definition) is 1. The maximum absolute atomic E-state index is 4.38. The van der Waals surface area contributed by atoms with Gasteiger partial charge in [0.05, 0.1) is 5.69 Å². The summed E-state index contributed by atoms with van der Waals surface area (Å²) in [5.41, 5.74) is 2.39. The minimum absolute atomic E-state index is 0.431. The van der Waals surface area contributed by atoms with Gasteiger partial charge in [0.15, 0.2) is 0 Å². The Hall–Kier alpha value is -1.74. The van der Waals surface area contributed by atoms with Crippen LogP contribution in [-0.2, 0) is 6.42 Å². The Bertz CT molecular complexity index is 468. The number of aromatic nitrogens is 2. The van der Waals surface area contributed by atoms with Gasteiger partial charge in [0, 0.05) is 37.1 Å². The van der Waals surface area contributed by atoms with Gasteiger partial charge >= 0.3 is 0 Å². The third-order valence-electron chi connectivity index (χ3n) is 3.12. The minimum atomic E-state index is 0.431. The minimum Gasteiger partial charge on any atom is -0.314 e. The van der Waals surface area contributed by atoms with Crippen LogP contribution in [0.4, 0.5) is 0 Å². The fourth-order valence-electron chi connectivity index (χ4n) is 2.10. The van der Waals surface area contributed by atoms with Crippen molar-refractivity contribution < 1.29 is 0 Å². The predicted octanol–water partition coefficient (Wildman–Crippen LogP) is 2.80. The van der Waals surface area contributed by atoms with Crippen molar-refractivity contribution in [3.05, 3.63) is 60.2 Å². The molecule has 3 heteroatoms. The first kappa shape index (κ1) is 13.7. The lowest BCUT2D eigenvalue weighted by Crippen LogP contribution is -2.29. The fourth-order valence-corrected chi connectivity index (χ4v) is 2.10. The van der Waals surface area contributed by atoms with Crippen molar-refractivity contribution in [2.45, 2.75) is 32.2 Å². The molecule has 1 heterocycles.